The van der Waals surface area contributed by atoms with Gasteiger partial charge in [0, 0.05) is 21.8 Å². The third-order valence-corrected chi connectivity index (χ3v) is 9.99. The van der Waals surface area contributed by atoms with E-state index in [-0.39, 0.29) is 28.8 Å². The molecule has 3 aromatic rings. The smallest absolute Gasteiger partial charge is 0.345 e. The van der Waals surface area contributed by atoms with E-state index >= 15 is 0 Å². The molecule has 1 unspecified atom stereocenters. The topological polar surface area (TPSA) is 66.5 Å². The fourth-order valence-electron chi connectivity index (χ4n) is 7.66. The molecule has 1 heterocycles. The highest BCUT2D eigenvalue weighted by Gasteiger charge is 2.71. The molecule has 1 aliphatic heterocycles. The van der Waals surface area contributed by atoms with E-state index in [9.17, 15) is 4.79 Å². The van der Waals surface area contributed by atoms with Crippen LogP contribution in [0, 0.1) is 16.7 Å². The van der Waals surface area contributed by atoms with E-state index in [1.807, 2.05) is 66.7 Å². The van der Waals surface area contributed by atoms with E-state index in [4.69, 9.17) is 23.7 Å². The fraction of sp³-hybridized carbons (Fsp3) is 0.441. The molecule has 3 aromatic carbocycles. The summed E-state index contributed by atoms with van der Waals surface area (Å²) >= 11 is 0. The average Bonchev–Trinajstić information content (AvgIpc) is 3.72. The predicted octanol–water partition coefficient (Wildman–Crippen LogP) is 6.59. The number of carbonyl (C=O) groups is 1. The first-order valence-electron chi connectivity index (χ1n) is 14.1. The van der Waals surface area contributed by atoms with Crippen molar-refractivity contribution >= 4 is 16.7 Å². The van der Waals surface area contributed by atoms with Crippen LogP contribution in [0.3, 0.4) is 0 Å². The predicted molar refractivity (Wildman–Crippen MR) is 153 cm³/mol. The normalized spacial score (nSPS) is 29.8. The molecule has 40 heavy (non-hydrogen) atoms. The van der Waals surface area contributed by atoms with E-state index in [1.165, 1.54) is 0 Å². The Hall–Kier alpha value is -3.35. The molecule has 2 saturated carbocycles. The van der Waals surface area contributed by atoms with Gasteiger partial charge in [-0.15, -0.1) is 6.58 Å². The fourth-order valence-corrected chi connectivity index (χ4v) is 7.66. The van der Waals surface area contributed by atoms with Crippen molar-refractivity contribution in [2.24, 2.45) is 16.7 Å². The van der Waals surface area contributed by atoms with Gasteiger partial charge in [0.25, 0.3) is 0 Å². The molecule has 6 heteroatoms. The maximum atomic E-state index is 13.8. The lowest BCUT2D eigenvalue weighted by Gasteiger charge is -2.42. The van der Waals surface area contributed by atoms with Gasteiger partial charge in [-0.1, -0.05) is 74.5 Å². The number of esters is 1. The Bertz CT molecular complexity index is 1430. The number of allylic oxidation sites excluding steroid dienone is 1. The number of methoxy groups -OCH3 is 2. The summed E-state index contributed by atoms with van der Waals surface area (Å²) in [5.74, 6) is 1.42. The molecule has 0 N–H and O–H groups in total. The summed E-state index contributed by atoms with van der Waals surface area (Å²) in [6.07, 6.45) is 3.98. The first kappa shape index (κ1) is 26.9. The molecule has 0 amide bonds. The summed E-state index contributed by atoms with van der Waals surface area (Å²) in [5.41, 5.74) is 0.310. The highest BCUT2D eigenvalue weighted by molar-refractivity contribution is 5.94. The second kappa shape index (κ2) is 9.93. The second-order valence-corrected chi connectivity index (χ2v) is 11.9. The summed E-state index contributed by atoms with van der Waals surface area (Å²) in [7, 11) is 3.36. The van der Waals surface area contributed by atoms with Crippen LogP contribution in [-0.2, 0) is 31.2 Å². The third kappa shape index (κ3) is 3.87. The van der Waals surface area contributed by atoms with Crippen molar-refractivity contribution in [2.75, 3.05) is 20.8 Å². The maximum Gasteiger partial charge on any atom is 0.345 e. The molecule has 0 spiro atoms. The Morgan fingerprint density at radius 3 is 2.40 bits per heavy atom. The Morgan fingerprint density at radius 2 is 1.75 bits per heavy atom. The van der Waals surface area contributed by atoms with Gasteiger partial charge < -0.3 is 23.7 Å². The van der Waals surface area contributed by atoms with Gasteiger partial charge in [0.2, 0.25) is 5.60 Å². The third-order valence-electron chi connectivity index (χ3n) is 9.99. The van der Waals surface area contributed by atoms with Crippen molar-refractivity contribution < 1.29 is 28.5 Å². The van der Waals surface area contributed by atoms with Crippen LogP contribution in [0.1, 0.15) is 44.2 Å². The minimum absolute atomic E-state index is 0.105. The van der Waals surface area contributed by atoms with Gasteiger partial charge in [-0.25, -0.2) is 4.79 Å². The standard InChI is InChI=1S/C34H38O6/c1-6-17-33-18-16-26(32(33,2)3)29(30(33)40-31(35)34(21-39-34)23-12-8-7-9-13-23)38-20-22-19-27(36-4)24-14-10-11-15-25(24)28(22)37-5/h6-15,19,26,29-30H,1,16-18,20-21H2,2-5H3/t26-,29-,30-,33+,34?/m1/s1. The molecule has 6 rings (SSSR count). The van der Waals surface area contributed by atoms with Crippen LogP contribution in [0.25, 0.3) is 10.8 Å². The lowest BCUT2D eigenvalue weighted by molar-refractivity contribution is -0.178. The first-order valence-corrected chi connectivity index (χ1v) is 14.1. The average molecular weight is 543 g/mol. The molecule has 6 nitrogen and oxygen atoms in total. The molecule has 2 aliphatic carbocycles. The lowest BCUT2D eigenvalue weighted by atomic mass is 9.66. The summed E-state index contributed by atoms with van der Waals surface area (Å²) in [4.78, 5) is 13.8. The molecule has 3 aliphatic rings. The Balaban J connectivity index is 1.34. The monoisotopic (exact) mass is 542 g/mol. The first-order chi connectivity index (χ1) is 19.3. The SMILES string of the molecule is C=CC[C@]12CC[C@H]([C@@H](OCc3cc(OC)c4ccccc4c3OC)[C@H]1OC(=O)C1(c3ccccc3)CO1)C2(C)C. The number of fused-ring (bicyclic) bond motifs is 3. The van der Waals surface area contributed by atoms with Gasteiger partial charge in [0.15, 0.2) is 0 Å². The number of rotatable bonds is 10. The van der Waals surface area contributed by atoms with Crippen LogP contribution >= 0.6 is 0 Å². The van der Waals surface area contributed by atoms with E-state index in [0.29, 0.717) is 13.2 Å². The van der Waals surface area contributed by atoms with Crippen LogP contribution in [0.15, 0.2) is 73.3 Å². The zero-order valence-corrected chi connectivity index (χ0v) is 23.8. The van der Waals surface area contributed by atoms with Gasteiger partial charge in [-0.05, 0) is 42.2 Å². The van der Waals surface area contributed by atoms with Crippen LogP contribution in [0.5, 0.6) is 11.5 Å². The molecule has 210 valence electrons. The summed E-state index contributed by atoms with van der Waals surface area (Å²) < 4.78 is 30.7. The minimum Gasteiger partial charge on any atom is -0.496 e. The summed E-state index contributed by atoms with van der Waals surface area (Å²) in [6.45, 7) is 9.29. The number of hydrogen-bond donors (Lipinski definition) is 0. The zero-order chi connectivity index (χ0) is 28.1. The van der Waals surface area contributed by atoms with Gasteiger partial charge >= 0.3 is 5.97 Å². The van der Waals surface area contributed by atoms with Crippen LogP contribution in [-0.4, -0.2) is 39.0 Å². The maximum absolute atomic E-state index is 13.8. The largest absolute Gasteiger partial charge is 0.496 e. The summed E-state index contributed by atoms with van der Waals surface area (Å²) in [5, 5.41) is 1.96. The number of carbonyl (C=O) groups excluding carboxylic acids is 1. The van der Waals surface area contributed by atoms with Crippen molar-refractivity contribution in [3.8, 4) is 11.5 Å². The molecule has 2 bridgehead atoms. The van der Waals surface area contributed by atoms with Gasteiger partial charge in [-0.2, -0.15) is 0 Å². The number of ether oxygens (including phenoxy) is 5. The van der Waals surface area contributed by atoms with Crippen molar-refractivity contribution in [3.05, 3.63) is 84.4 Å². The number of benzene rings is 3. The number of hydrogen-bond acceptors (Lipinski definition) is 6. The van der Waals surface area contributed by atoms with E-state index in [0.717, 1.165) is 52.7 Å². The molecular weight excluding hydrogens is 504 g/mol. The molecule has 0 radical (unpaired) electrons. The van der Waals surface area contributed by atoms with Crippen LogP contribution < -0.4 is 9.47 Å². The second-order valence-electron chi connectivity index (χ2n) is 11.9. The molecule has 3 fully saturated rings. The van der Waals surface area contributed by atoms with Crippen molar-refractivity contribution in [3.63, 3.8) is 0 Å². The molecule has 5 atom stereocenters. The van der Waals surface area contributed by atoms with Crippen molar-refractivity contribution in [2.45, 2.75) is 57.5 Å². The van der Waals surface area contributed by atoms with Crippen LogP contribution in [0.2, 0.25) is 0 Å². The zero-order valence-electron chi connectivity index (χ0n) is 23.8. The Morgan fingerprint density at radius 1 is 1.05 bits per heavy atom. The Kier molecular flexibility index (Phi) is 6.67. The number of epoxide rings is 1. The lowest BCUT2D eigenvalue weighted by Crippen LogP contribution is -2.47. The minimum atomic E-state index is -1.04. The quantitative estimate of drug-likeness (QED) is 0.164. The van der Waals surface area contributed by atoms with Gasteiger partial charge in [0.05, 0.1) is 33.5 Å². The summed E-state index contributed by atoms with van der Waals surface area (Å²) in [6, 6.07) is 19.6. The van der Waals surface area contributed by atoms with Crippen molar-refractivity contribution in [1.29, 1.82) is 0 Å². The molecule has 0 aromatic heterocycles. The van der Waals surface area contributed by atoms with E-state index in [1.54, 1.807) is 14.2 Å². The Labute approximate surface area is 236 Å². The highest BCUT2D eigenvalue weighted by atomic mass is 16.7. The highest BCUT2D eigenvalue weighted by Crippen LogP contribution is 2.69. The van der Waals surface area contributed by atoms with Crippen LogP contribution in [0.4, 0.5) is 0 Å². The molecule has 1 saturated heterocycles. The van der Waals surface area contributed by atoms with Crippen molar-refractivity contribution in [1.82, 2.24) is 0 Å². The van der Waals surface area contributed by atoms with Gasteiger partial charge in [0.1, 0.15) is 17.6 Å². The van der Waals surface area contributed by atoms with Gasteiger partial charge in [-0.3, -0.25) is 0 Å². The van der Waals surface area contributed by atoms with E-state index < -0.39 is 11.7 Å². The molecular formula is C34H38O6. The van der Waals surface area contributed by atoms with E-state index in [2.05, 4.69) is 20.4 Å².